The summed E-state index contributed by atoms with van der Waals surface area (Å²) >= 11 is 3.17. The Balaban J connectivity index is 1.81. The summed E-state index contributed by atoms with van der Waals surface area (Å²) in [5.41, 5.74) is 7.21. The molecule has 0 amide bonds. The van der Waals surface area contributed by atoms with E-state index in [0.29, 0.717) is 46.6 Å². The Bertz CT molecular complexity index is 1340. The Morgan fingerprint density at radius 2 is 1.86 bits per heavy atom. The number of anilines is 1. The number of carboxylic acid groups (broad SMARTS) is 1. The first-order valence-corrected chi connectivity index (χ1v) is 11.3. The smallest absolute Gasteiger partial charge is 0.417 e. The van der Waals surface area contributed by atoms with Crippen molar-refractivity contribution in [3.63, 3.8) is 0 Å². The Labute approximate surface area is 206 Å². The van der Waals surface area contributed by atoms with Gasteiger partial charge in [-0.15, -0.1) is 0 Å². The van der Waals surface area contributed by atoms with Crippen LogP contribution in [0.4, 0.5) is 23.2 Å². The molecule has 0 spiro atoms. The third-order valence-corrected chi connectivity index (χ3v) is 6.14. The first-order valence-electron chi connectivity index (χ1n) is 10.5. The number of ether oxygens (including phenoxy) is 1. The van der Waals surface area contributed by atoms with Crippen molar-refractivity contribution in [3.8, 4) is 5.88 Å². The number of nitrogens with two attached hydrogens (primary N) is 1. The molecule has 0 fully saturated rings. The molecule has 4 rings (SSSR count). The second-order valence-corrected chi connectivity index (χ2v) is 8.97. The van der Waals surface area contributed by atoms with Gasteiger partial charge < -0.3 is 15.6 Å². The van der Waals surface area contributed by atoms with E-state index in [9.17, 15) is 27.5 Å². The molecule has 0 atom stereocenters. The van der Waals surface area contributed by atoms with Gasteiger partial charge in [-0.25, -0.2) is 14.2 Å². The summed E-state index contributed by atoms with van der Waals surface area (Å²) in [6, 6.07) is 9.70. The third kappa shape index (κ3) is 5.48. The average molecular weight is 551 g/mol. The molecule has 0 aliphatic heterocycles. The van der Waals surface area contributed by atoms with Crippen LogP contribution in [0.5, 0.6) is 5.88 Å². The fourth-order valence-corrected chi connectivity index (χ4v) is 4.37. The lowest BCUT2D eigenvalue weighted by atomic mass is 9.95. The summed E-state index contributed by atoms with van der Waals surface area (Å²) in [5.74, 6) is -1.77. The van der Waals surface area contributed by atoms with Crippen LogP contribution in [0.1, 0.15) is 51.9 Å². The largest absolute Gasteiger partial charge is 0.478 e. The molecule has 1 heterocycles. The number of hydrogen-bond acceptors (Lipinski definition) is 4. The number of aromatic carboxylic acids is 1. The molecule has 182 valence electrons. The summed E-state index contributed by atoms with van der Waals surface area (Å²) in [4.78, 5) is 15.4. The topological polar surface area (TPSA) is 85.4 Å². The number of halogens is 5. The van der Waals surface area contributed by atoms with Gasteiger partial charge >= 0.3 is 12.1 Å². The van der Waals surface area contributed by atoms with Crippen LogP contribution in [0, 0.1) is 5.82 Å². The molecule has 10 heteroatoms. The van der Waals surface area contributed by atoms with Crippen molar-refractivity contribution in [2.24, 2.45) is 0 Å². The molecule has 3 N–H and O–H groups in total. The van der Waals surface area contributed by atoms with E-state index in [0.717, 1.165) is 6.07 Å². The molecule has 0 bridgehead atoms. The van der Waals surface area contributed by atoms with Crippen LogP contribution in [0.25, 0.3) is 11.1 Å². The van der Waals surface area contributed by atoms with E-state index < -0.39 is 23.5 Å². The van der Waals surface area contributed by atoms with Gasteiger partial charge in [0.25, 0.3) is 0 Å². The fourth-order valence-electron chi connectivity index (χ4n) is 4.03. The molecule has 0 saturated carbocycles. The van der Waals surface area contributed by atoms with Gasteiger partial charge in [-0.05, 0) is 72.4 Å². The lowest BCUT2D eigenvalue weighted by Gasteiger charge is -2.16. The number of alkyl halides is 3. The van der Waals surface area contributed by atoms with Crippen LogP contribution < -0.4 is 10.5 Å². The summed E-state index contributed by atoms with van der Waals surface area (Å²) in [6.45, 7) is -0.242. The number of nitrogens with zero attached hydrogens (tertiary/aromatic N) is 1. The van der Waals surface area contributed by atoms with Crippen LogP contribution in [-0.4, -0.2) is 16.1 Å². The molecule has 3 aromatic rings. The summed E-state index contributed by atoms with van der Waals surface area (Å²) in [7, 11) is 0. The molecular weight excluding hydrogens is 532 g/mol. The van der Waals surface area contributed by atoms with Crippen LogP contribution in [-0.2, 0) is 12.8 Å². The van der Waals surface area contributed by atoms with Gasteiger partial charge in [0.05, 0.1) is 11.1 Å². The Hall–Kier alpha value is -3.40. The maximum atomic E-state index is 14.3. The maximum absolute atomic E-state index is 14.3. The van der Waals surface area contributed by atoms with E-state index >= 15 is 0 Å². The summed E-state index contributed by atoms with van der Waals surface area (Å²) in [5, 5.41) is 9.39. The number of allylic oxidation sites excluding steroid dienone is 2. The number of carbonyl (C=O) groups is 1. The molecule has 0 unspecified atom stereocenters. The molecule has 5 nitrogen and oxygen atoms in total. The lowest BCUT2D eigenvalue weighted by molar-refractivity contribution is -0.137. The van der Waals surface area contributed by atoms with Crippen molar-refractivity contribution < 1.29 is 32.2 Å². The minimum absolute atomic E-state index is 0.0249. The van der Waals surface area contributed by atoms with E-state index in [1.54, 1.807) is 12.1 Å². The quantitative estimate of drug-likeness (QED) is 0.256. The second-order valence-electron chi connectivity index (χ2n) is 8.06. The Kier molecular flexibility index (Phi) is 6.84. The van der Waals surface area contributed by atoms with Crippen LogP contribution >= 0.6 is 15.9 Å². The number of nitrogen functional groups attached to an aromatic ring is 1. The normalized spacial score (nSPS) is 13.9. The SMILES string of the molecule is Nc1cc(C(=O)O)cc(C2=C(c3cc(C(F)(F)F)cnc3OCc3ccc(Br)cc3F)CCC2)c1. The predicted molar refractivity (Wildman–Crippen MR) is 126 cm³/mol. The van der Waals surface area contributed by atoms with E-state index in [2.05, 4.69) is 20.9 Å². The third-order valence-electron chi connectivity index (χ3n) is 5.65. The van der Waals surface area contributed by atoms with Gasteiger partial charge in [0.15, 0.2) is 0 Å². The van der Waals surface area contributed by atoms with Crippen LogP contribution in [0.2, 0.25) is 0 Å². The van der Waals surface area contributed by atoms with E-state index in [-0.39, 0.29) is 34.9 Å². The zero-order valence-corrected chi connectivity index (χ0v) is 19.7. The maximum Gasteiger partial charge on any atom is 0.417 e. The molecule has 1 aliphatic rings. The minimum Gasteiger partial charge on any atom is -0.478 e. The van der Waals surface area contributed by atoms with E-state index in [4.69, 9.17) is 10.5 Å². The zero-order valence-electron chi connectivity index (χ0n) is 18.1. The van der Waals surface area contributed by atoms with E-state index in [1.165, 1.54) is 24.3 Å². The highest BCUT2D eigenvalue weighted by atomic mass is 79.9. The first-order chi connectivity index (χ1) is 16.5. The summed E-state index contributed by atoms with van der Waals surface area (Å²) in [6.07, 6.45) is -2.38. The van der Waals surface area contributed by atoms with Gasteiger partial charge in [-0.1, -0.05) is 22.0 Å². The molecular formula is C25H19BrF4N2O3. The van der Waals surface area contributed by atoms with Gasteiger partial charge in [-0.2, -0.15) is 13.2 Å². The lowest BCUT2D eigenvalue weighted by Crippen LogP contribution is -2.09. The number of pyridine rings is 1. The molecule has 0 saturated heterocycles. The number of benzene rings is 2. The number of rotatable bonds is 6. The highest BCUT2D eigenvalue weighted by Gasteiger charge is 2.33. The first kappa shape index (κ1) is 24.7. The molecule has 2 aromatic carbocycles. The van der Waals surface area contributed by atoms with Crippen molar-refractivity contribution in [2.45, 2.75) is 32.0 Å². The number of hydrogen-bond donors (Lipinski definition) is 2. The van der Waals surface area contributed by atoms with Crippen molar-refractivity contribution >= 4 is 38.7 Å². The summed E-state index contributed by atoms with van der Waals surface area (Å²) < 4.78 is 61.0. The Morgan fingerprint density at radius 3 is 2.54 bits per heavy atom. The van der Waals surface area contributed by atoms with Gasteiger partial charge in [0.2, 0.25) is 5.88 Å². The van der Waals surface area contributed by atoms with Crippen molar-refractivity contribution in [2.75, 3.05) is 5.73 Å². The molecule has 1 aromatic heterocycles. The standard InChI is InChI=1S/C25H19BrF4N2O3/c26-17-5-4-13(22(27)10-17)12-35-23-21(9-16(11-32-23)25(28,29)30)20-3-1-2-19(20)14-6-15(24(33)34)8-18(31)7-14/h4-11H,1-3,12,31H2,(H,33,34). The van der Waals surface area contributed by atoms with Crippen molar-refractivity contribution in [1.82, 2.24) is 4.98 Å². The number of carboxylic acids is 1. The van der Waals surface area contributed by atoms with Crippen molar-refractivity contribution in [1.29, 1.82) is 0 Å². The fraction of sp³-hybridized carbons (Fsp3) is 0.200. The monoisotopic (exact) mass is 550 g/mol. The van der Waals surface area contributed by atoms with E-state index in [1.807, 2.05) is 0 Å². The highest BCUT2D eigenvalue weighted by Crippen LogP contribution is 2.44. The molecule has 0 radical (unpaired) electrons. The van der Waals surface area contributed by atoms with Gasteiger partial charge in [-0.3, -0.25) is 0 Å². The average Bonchev–Trinajstić information content (AvgIpc) is 3.27. The Morgan fingerprint density at radius 1 is 1.11 bits per heavy atom. The minimum atomic E-state index is -4.63. The highest BCUT2D eigenvalue weighted by molar-refractivity contribution is 9.10. The van der Waals surface area contributed by atoms with Crippen molar-refractivity contribution in [3.05, 3.63) is 86.8 Å². The van der Waals surface area contributed by atoms with Crippen LogP contribution in [0.3, 0.4) is 0 Å². The molecule has 1 aliphatic carbocycles. The van der Waals surface area contributed by atoms with Gasteiger partial charge in [0, 0.05) is 27.5 Å². The number of aromatic nitrogens is 1. The molecule has 35 heavy (non-hydrogen) atoms. The van der Waals surface area contributed by atoms with Crippen LogP contribution in [0.15, 0.2) is 53.1 Å². The van der Waals surface area contributed by atoms with Gasteiger partial charge in [0.1, 0.15) is 12.4 Å². The second kappa shape index (κ2) is 9.69. The zero-order chi connectivity index (χ0) is 25.3. The predicted octanol–water partition coefficient (Wildman–Crippen LogP) is 6.96.